The Morgan fingerprint density at radius 1 is 0.441 bits per heavy atom. The smallest absolute Gasteiger partial charge is 0.374 e. The van der Waals surface area contributed by atoms with E-state index in [-0.39, 0.29) is 63.3 Å². The molecule has 0 N–H and O–H groups in total. The van der Waals surface area contributed by atoms with Crippen molar-refractivity contribution in [2.24, 2.45) is 0 Å². The number of hydrogen-bond donors (Lipinski definition) is 0. The Morgan fingerprint density at radius 3 is 0.824 bits per heavy atom. The van der Waals surface area contributed by atoms with Crippen LogP contribution >= 0.6 is 22.7 Å². The molecule has 0 bridgehead atoms. The summed E-state index contributed by atoms with van der Waals surface area (Å²) in [5.74, 6) is -0.367. The molecule has 0 aliphatic heterocycles. The summed E-state index contributed by atoms with van der Waals surface area (Å²) < 4.78 is 18.7. The molecule has 4 aromatic carbocycles. The Kier molecular flexibility index (Phi) is 5.29. The number of hydrogen-bond acceptors (Lipinski definition) is 10. The highest BCUT2D eigenvalue weighted by Gasteiger charge is 2.23. The van der Waals surface area contributed by atoms with Gasteiger partial charge in [-0.3, -0.25) is 19.2 Å². The van der Waals surface area contributed by atoms with Gasteiger partial charge >= 0.3 is 32.2 Å². The van der Waals surface area contributed by atoms with E-state index in [9.17, 15) is 19.2 Å². The summed E-state index contributed by atoms with van der Waals surface area (Å²) >= 11 is 1.35. The lowest BCUT2D eigenvalue weighted by Crippen LogP contribution is -2.17. The lowest BCUT2D eigenvalue weighted by atomic mass is 10.1. The van der Waals surface area contributed by atoms with Crippen molar-refractivity contribution in [3.63, 3.8) is 0 Å². The molecule has 5 aromatic rings. The normalized spacial score (nSPS) is 11.3. The molecule has 0 fully saturated rings. The molecule has 5 rings (SSSR count). The number of benzene rings is 4. The molecule has 0 atom stereocenters. The van der Waals surface area contributed by atoms with Crippen LogP contribution in [0.5, 0.6) is 23.0 Å². The Bertz CT molecular complexity index is 1630. The Morgan fingerprint density at radius 2 is 0.647 bits per heavy atom. The van der Waals surface area contributed by atoms with Gasteiger partial charge in [0.05, 0.1) is 40.3 Å². The summed E-state index contributed by atoms with van der Waals surface area (Å²) in [5.41, 5.74) is -2.64. The van der Waals surface area contributed by atoms with E-state index < -0.39 is 21.7 Å². The van der Waals surface area contributed by atoms with Crippen molar-refractivity contribution >= 4 is 95.2 Å². The predicted octanol–water partition coefficient (Wildman–Crippen LogP) is 1.15. The van der Waals surface area contributed by atoms with Crippen molar-refractivity contribution in [3.05, 3.63) is 65.2 Å². The van der Waals surface area contributed by atoms with E-state index in [1.165, 1.54) is 24.3 Å². The van der Waals surface area contributed by atoms with Crippen LogP contribution in [0.4, 0.5) is 0 Å². The fraction of sp³-hybridized carbons (Fsp3) is 0. The lowest BCUT2D eigenvalue weighted by molar-refractivity contribution is 0.609. The van der Waals surface area contributed by atoms with Gasteiger partial charge in [0.25, 0.3) is 0 Å². The Labute approximate surface area is 201 Å². The van der Waals surface area contributed by atoms with Crippen molar-refractivity contribution in [1.29, 1.82) is 0 Å². The van der Waals surface area contributed by atoms with Crippen LogP contribution in [0.1, 0.15) is 0 Å². The van der Waals surface area contributed by atoms with Gasteiger partial charge in [-0.15, -0.1) is 22.7 Å². The number of fused-ring (bicyclic) bond motifs is 4. The molecule has 1 aromatic heterocycles. The molecule has 156 valence electrons. The second-order valence-corrected chi connectivity index (χ2v) is 8.97. The summed E-state index contributed by atoms with van der Waals surface area (Å²) in [7, 11) is 21.1. The first-order chi connectivity index (χ1) is 16.4. The fourth-order valence-corrected chi connectivity index (χ4v) is 6.29. The molecule has 0 spiro atoms. The Balaban J connectivity index is 2.11. The van der Waals surface area contributed by atoms with Crippen LogP contribution in [0, 0.1) is 0 Å². The van der Waals surface area contributed by atoms with Crippen molar-refractivity contribution in [2.45, 2.75) is 0 Å². The van der Waals surface area contributed by atoms with Crippen LogP contribution < -0.4 is 40.3 Å². The van der Waals surface area contributed by atoms with Crippen LogP contribution in [-0.4, -0.2) is 32.2 Å². The average molecular weight is 480 g/mol. The Hall–Kier alpha value is -3.50. The van der Waals surface area contributed by atoms with E-state index in [2.05, 4.69) is 0 Å². The third-order valence-electron chi connectivity index (χ3n) is 5.32. The van der Waals surface area contributed by atoms with Gasteiger partial charge in [-0.2, -0.15) is 0 Å². The summed E-state index contributed by atoms with van der Waals surface area (Å²) in [6.45, 7) is 0. The van der Waals surface area contributed by atoms with Crippen LogP contribution in [0.2, 0.25) is 0 Å². The first-order valence-electron chi connectivity index (χ1n) is 9.21. The first-order valence-corrected chi connectivity index (χ1v) is 10.8. The maximum atomic E-state index is 13.4. The minimum absolute atomic E-state index is 0.0835. The SMILES string of the molecule is [B]Oc1ccc(O[B])c2c(=O)c3sc4c(=O)c5c(O[B])ccc(O[B])c5c(=O)c4sc3c(=O)c12. The van der Waals surface area contributed by atoms with Crippen LogP contribution in [0.25, 0.3) is 40.3 Å². The number of rotatable bonds is 4. The van der Waals surface area contributed by atoms with E-state index in [1.807, 2.05) is 0 Å². The van der Waals surface area contributed by atoms with Crippen LogP contribution in [-0.2, 0) is 0 Å². The largest absolute Gasteiger partial charge is 0.567 e. The van der Waals surface area contributed by atoms with Gasteiger partial charge < -0.3 is 18.6 Å². The van der Waals surface area contributed by atoms with E-state index in [0.717, 1.165) is 0 Å². The van der Waals surface area contributed by atoms with Crippen LogP contribution in [0.3, 0.4) is 0 Å². The predicted molar refractivity (Wildman–Crippen MR) is 134 cm³/mol. The lowest BCUT2D eigenvalue weighted by Gasteiger charge is -2.12. The van der Waals surface area contributed by atoms with E-state index in [0.29, 0.717) is 22.7 Å². The second kappa shape index (κ2) is 8.07. The molecule has 34 heavy (non-hydrogen) atoms. The minimum atomic E-state index is -0.659. The van der Waals surface area contributed by atoms with Gasteiger partial charge in [-0.25, -0.2) is 0 Å². The van der Waals surface area contributed by atoms with Gasteiger partial charge in [0, 0.05) is 0 Å². The molecule has 0 amide bonds. The summed E-state index contributed by atoms with van der Waals surface area (Å²) in [4.78, 5) is 53.6. The monoisotopic (exact) mass is 480 g/mol. The van der Waals surface area contributed by atoms with Crippen LogP contribution in [0.15, 0.2) is 43.4 Å². The molecule has 1 heterocycles. The zero-order valence-corrected chi connectivity index (χ0v) is 18.3. The van der Waals surface area contributed by atoms with Gasteiger partial charge in [-0.1, -0.05) is 0 Å². The zero-order chi connectivity index (χ0) is 24.3. The fourth-order valence-electron chi connectivity index (χ4n) is 3.86. The van der Waals surface area contributed by atoms with Gasteiger partial charge in [0.2, 0.25) is 21.7 Å². The molecule has 0 saturated carbocycles. The second-order valence-electron chi connectivity index (χ2n) is 6.93. The molecule has 0 aliphatic rings. The standard InChI is InChI=1S/C20H4B4O8S2/c21-29-5-1-2-6(30-22)10-9(5)13(25)17-18(14(10)26)34-20-16(28)12-8(32-24)4-3-7(31-23)11(12)15(27)19(20)33-17/h1-4H. The maximum Gasteiger partial charge on any atom is 0.374 e. The summed E-state index contributed by atoms with van der Waals surface area (Å²) in [5, 5.41) is -0.700. The van der Waals surface area contributed by atoms with E-state index in [4.69, 9.17) is 50.8 Å². The molecular weight excluding hydrogens is 476 g/mol. The molecule has 8 radical (unpaired) electrons. The average Bonchev–Trinajstić information content (AvgIpc) is 2.87. The van der Waals surface area contributed by atoms with E-state index >= 15 is 0 Å². The van der Waals surface area contributed by atoms with Crippen molar-refractivity contribution < 1.29 is 18.6 Å². The molecule has 0 saturated heterocycles. The quantitative estimate of drug-likeness (QED) is 0.279. The highest BCUT2D eigenvalue weighted by molar-refractivity contribution is 7.36. The van der Waals surface area contributed by atoms with Crippen molar-refractivity contribution in [2.75, 3.05) is 0 Å². The van der Waals surface area contributed by atoms with Crippen molar-refractivity contribution in [1.82, 2.24) is 0 Å². The minimum Gasteiger partial charge on any atom is -0.567 e. The maximum absolute atomic E-state index is 13.4. The zero-order valence-electron chi connectivity index (χ0n) is 16.7. The molecular formula is C20H4B4O8S2. The highest BCUT2D eigenvalue weighted by Crippen LogP contribution is 2.36. The van der Waals surface area contributed by atoms with Gasteiger partial charge in [-0.05, 0) is 24.3 Å². The van der Waals surface area contributed by atoms with Gasteiger partial charge in [0.15, 0.2) is 0 Å². The van der Waals surface area contributed by atoms with Crippen molar-refractivity contribution in [3.8, 4) is 23.0 Å². The topological polar surface area (TPSA) is 105 Å². The molecule has 14 heteroatoms. The molecule has 0 unspecified atom stereocenters. The van der Waals surface area contributed by atoms with E-state index in [1.54, 1.807) is 0 Å². The first kappa shape index (κ1) is 22.3. The molecule has 8 nitrogen and oxygen atoms in total. The highest BCUT2D eigenvalue weighted by atomic mass is 32.1. The molecule has 0 aliphatic carbocycles. The summed E-state index contributed by atoms with van der Waals surface area (Å²) in [6.07, 6.45) is 0. The van der Waals surface area contributed by atoms with Gasteiger partial charge in [0.1, 0.15) is 23.0 Å². The third-order valence-corrected chi connectivity index (χ3v) is 7.95. The third kappa shape index (κ3) is 2.88. The summed E-state index contributed by atoms with van der Waals surface area (Å²) in [6, 6.07) is 5.25.